The smallest absolute Gasteiger partial charge is 0.481 e. The summed E-state index contributed by atoms with van der Waals surface area (Å²) in [5.74, 6) is -2.72. The van der Waals surface area contributed by atoms with Gasteiger partial charge >= 0.3 is 19.3 Å². The molecule has 611 valence electrons. The van der Waals surface area contributed by atoms with Crippen molar-refractivity contribution in [1.29, 1.82) is 0 Å². The van der Waals surface area contributed by atoms with E-state index in [-0.39, 0.29) is 36.3 Å². The van der Waals surface area contributed by atoms with E-state index in [1.807, 2.05) is 0 Å². The molecule has 0 saturated carbocycles. The van der Waals surface area contributed by atoms with Gasteiger partial charge in [-0.25, -0.2) is 0 Å². The van der Waals surface area contributed by atoms with E-state index >= 15 is 0 Å². The Morgan fingerprint density at radius 3 is 0.382 bits per heavy atom. The second kappa shape index (κ2) is 96.9. The maximum Gasteiger partial charge on any atom is 0.870 e. The fraction of sp³-hybridized carbons (Fsp3) is 0.944. The zero-order valence-electron chi connectivity index (χ0n) is 69.1. The van der Waals surface area contributed by atoms with Crippen LogP contribution >= 0.6 is 0 Å². The van der Waals surface area contributed by atoms with Crippen LogP contribution in [0.15, 0.2) is 0 Å². The van der Waals surface area contributed by atoms with Gasteiger partial charge in [0.2, 0.25) is 0 Å². The molecule has 0 spiro atoms. The van der Waals surface area contributed by atoms with E-state index in [0.29, 0.717) is 12.8 Å². The first-order chi connectivity index (χ1) is 49.6. The average molecular weight is 1490 g/mol. The van der Waals surface area contributed by atoms with Crippen molar-refractivity contribution in [3.8, 4) is 0 Å². The van der Waals surface area contributed by atoms with Gasteiger partial charge in [0.1, 0.15) is 0 Å². The summed E-state index contributed by atoms with van der Waals surface area (Å²) in [6.07, 6.45) is 97.8. The Morgan fingerprint density at radius 1 is 0.176 bits per heavy atom. The molecule has 12 heteroatoms. The third-order valence-corrected chi connectivity index (χ3v) is 20.6. The van der Waals surface area contributed by atoms with Gasteiger partial charge in [-0.1, -0.05) is 484 Å². The summed E-state index contributed by atoms with van der Waals surface area (Å²) in [7, 11) is -1.59. The van der Waals surface area contributed by atoms with Crippen molar-refractivity contribution in [2.45, 2.75) is 548 Å². The standard InChI is InChI=1S/C54H105BO6.2C18H36O2.Cu/c1-4-7-10-13-16-19-22-25-28-31-34-37-40-43-46-49-52(56)59-55(60-53(57)50-47-44-41-38-35-32-29-26-23-20-17-14-11-8-5-2)61-54(58)51-48-45-42-39-36-33-30-27-24-21-18-15-12-9-6-3;2*1-2-3-4-5-6-7-8-9-10-11-12-13-14-15-16-17-18(19)20;/h4-51H2,1-3H3;2*2-17H2,1H3,(H,19,20);. The number of hydrogen-bond donors (Lipinski definition) is 2. The van der Waals surface area contributed by atoms with Crippen molar-refractivity contribution >= 4 is 37.2 Å². The molecule has 0 rings (SSSR count). The van der Waals surface area contributed by atoms with E-state index < -0.39 is 37.2 Å². The Morgan fingerprint density at radius 2 is 0.275 bits per heavy atom. The van der Waals surface area contributed by atoms with E-state index in [2.05, 4.69) is 34.6 Å². The number of rotatable bonds is 83. The summed E-state index contributed by atoms with van der Waals surface area (Å²) in [6, 6.07) is 0. The van der Waals surface area contributed by atoms with E-state index in [1.165, 1.54) is 398 Å². The van der Waals surface area contributed by atoms with Crippen LogP contribution in [0.1, 0.15) is 548 Å². The molecule has 10 nitrogen and oxygen atoms in total. The van der Waals surface area contributed by atoms with Crippen molar-refractivity contribution in [1.82, 2.24) is 0 Å². The molecule has 1 radical (unpaired) electrons. The molecule has 0 aromatic rings. The first-order valence-corrected chi connectivity index (χ1v) is 45.6. The van der Waals surface area contributed by atoms with E-state index in [4.69, 9.17) is 24.2 Å². The summed E-state index contributed by atoms with van der Waals surface area (Å²) < 4.78 is 16.3. The molecule has 0 aromatic heterocycles. The molecular weight excluding hydrogens is 1320 g/mol. The van der Waals surface area contributed by atoms with Crippen molar-refractivity contribution in [3.05, 3.63) is 0 Å². The maximum atomic E-state index is 12.8. The molecule has 0 aliphatic heterocycles. The summed E-state index contributed by atoms with van der Waals surface area (Å²) in [5, 5.41) is 17.0. The Labute approximate surface area is 646 Å². The van der Waals surface area contributed by atoms with Crippen LogP contribution in [0.3, 0.4) is 0 Å². The van der Waals surface area contributed by atoms with Gasteiger partial charge < -0.3 is 24.2 Å². The molecule has 0 amide bonds. The normalized spacial score (nSPS) is 11.0. The van der Waals surface area contributed by atoms with Crippen LogP contribution in [0.4, 0.5) is 0 Å². The maximum absolute atomic E-state index is 12.8. The largest absolute Gasteiger partial charge is 0.870 e. The number of carboxylic acid groups (broad SMARTS) is 2. The molecule has 2 N–H and O–H groups in total. The topological polar surface area (TPSA) is 153 Å². The quantitative estimate of drug-likeness (QED) is 0.0444. The Balaban J connectivity index is -0.000000944. The molecule has 102 heavy (non-hydrogen) atoms. The Bertz CT molecular complexity index is 1480. The van der Waals surface area contributed by atoms with Gasteiger partial charge in [-0.05, 0) is 32.1 Å². The summed E-state index contributed by atoms with van der Waals surface area (Å²) in [4.78, 5) is 58.9. The minimum atomic E-state index is -1.59. The van der Waals surface area contributed by atoms with Crippen LogP contribution in [-0.4, -0.2) is 47.4 Å². The van der Waals surface area contributed by atoms with Gasteiger partial charge in [-0.3, -0.25) is 24.0 Å². The van der Waals surface area contributed by atoms with Crippen LogP contribution < -0.4 is 0 Å². The van der Waals surface area contributed by atoms with Crippen LogP contribution in [0, 0.1) is 0 Å². The van der Waals surface area contributed by atoms with Crippen LogP contribution in [-0.2, 0) is 55.0 Å². The first kappa shape index (κ1) is 106. The summed E-state index contributed by atoms with van der Waals surface area (Å²) in [5.41, 5.74) is 0. The van der Waals surface area contributed by atoms with Crippen LogP contribution in [0.2, 0.25) is 0 Å². The van der Waals surface area contributed by atoms with Crippen molar-refractivity contribution in [2.24, 2.45) is 0 Å². The van der Waals surface area contributed by atoms with Crippen LogP contribution in [0.5, 0.6) is 0 Å². The molecule has 0 fully saturated rings. The number of carbonyl (C=O) groups excluding carboxylic acids is 3. The zero-order valence-corrected chi connectivity index (χ0v) is 70.0. The SMILES string of the molecule is CCCCCCCCCCCCCCCCCC(=O)O.CCCCCCCCCCCCCCCCCC(=O)O.CCCCCCCCCCCCCCCCCC(=O)OB(OC(=O)CCCCCCCCCCCCCCCCC)OC(=O)CCCCCCCCCCCCCCCCC.[Cu]. The number of carbonyl (C=O) groups is 5. The minimum absolute atomic E-state index is 0. The summed E-state index contributed by atoms with van der Waals surface area (Å²) in [6.45, 7) is 11.4. The van der Waals surface area contributed by atoms with Crippen molar-refractivity contribution in [2.75, 3.05) is 0 Å². The fourth-order valence-electron chi connectivity index (χ4n) is 13.8. The monoisotopic (exact) mass is 1490 g/mol. The fourth-order valence-corrected chi connectivity index (χ4v) is 13.8. The number of hydrogen-bond acceptors (Lipinski definition) is 8. The number of unbranched alkanes of at least 4 members (excludes halogenated alkanes) is 70. The third-order valence-electron chi connectivity index (χ3n) is 20.6. The van der Waals surface area contributed by atoms with Gasteiger partial charge in [0.25, 0.3) is 17.9 Å². The molecule has 0 aromatic carbocycles. The minimum Gasteiger partial charge on any atom is -0.481 e. The molecule has 0 unspecified atom stereocenters. The van der Waals surface area contributed by atoms with E-state index in [0.717, 1.165) is 83.5 Å². The number of aliphatic carboxylic acids is 2. The predicted octanol–water partition coefficient (Wildman–Crippen LogP) is 31.0. The van der Waals surface area contributed by atoms with Gasteiger partial charge in [0.05, 0.1) is 0 Å². The van der Waals surface area contributed by atoms with Gasteiger partial charge in [0, 0.05) is 49.2 Å². The molecule has 0 heterocycles. The first-order valence-electron chi connectivity index (χ1n) is 45.6. The van der Waals surface area contributed by atoms with Crippen LogP contribution in [0.25, 0.3) is 0 Å². The molecule has 0 saturated heterocycles. The summed E-state index contributed by atoms with van der Waals surface area (Å²) >= 11 is 0. The predicted molar refractivity (Wildman–Crippen MR) is 437 cm³/mol. The van der Waals surface area contributed by atoms with Gasteiger partial charge in [-0.2, -0.15) is 0 Å². The molecular formula is C90H177BCuO10. The Kier molecular flexibility index (Phi) is 101. The van der Waals surface area contributed by atoms with Crippen molar-refractivity contribution < 1.29 is 65.2 Å². The number of carboxylic acids is 2. The molecule has 0 aliphatic carbocycles. The Hall–Kier alpha value is -2.07. The second-order valence-corrected chi connectivity index (χ2v) is 31.0. The average Bonchev–Trinajstić information content (AvgIpc) is 1.13. The second-order valence-electron chi connectivity index (χ2n) is 31.0. The third kappa shape index (κ3) is 102. The van der Waals surface area contributed by atoms with E-state index in [9.17, 15) is 24.0 Å². The van der Waals surface area contributed by atoms with Gasteiger partial charge in [0.15, 0.2) is 0 Å². The molecule has 0 bridgehead atoms. The molecule has 0 aliphatic rings. The van der Waals surface area contributed by atoms with Crippen molar-refractivity contribution in [3.63, 3.8) is 0 Å². The zero-order chi connectivity index (χ0) is 74.2. The van der Waals surface area contributed by atoms with Gasteiger partial charge in [-0.15, -0.1) is 0 Å². The van der Waals surface area contributed by atoms with E-state index in [1.54, 1.807) is 0 Å². The molecule has 0 atom stereocenters.